The van der Waals surface area contributed by atoms with Crippen LogP contribution in [0.5, 0.6) is 0 Å². The Kier molecular flexibility index (Phi) is 5.98. The van der Waals surface area contributed by atoms with Crippen LogP contribution in [0.25, 0.3) is 0 Å². The van der Waals surface area contributed by atoms with Crippen molar-refractivity contribution in [3.63, 3.8) is 0 Å². The van der Waals surface area contributed by atoms with E-state index in [0.29, 0.717) is 30.5 Å². The Labute approximate surface area is 125 Å². The van der Waals surface area contributed by atoms with Crippen LogP contribution < -0.4 is 5.32 Å². The first-order chi connectivity index (χ1) is 9.64. The summed E-state index contributed by atoms with van der Waals surface area (Å²) >= 11 is 1.38. The van der Waals surface area contributed by atoms with E-state index in [4.69, 9.17) is 4.74 Å². The van der Waals surface area contributed by atoms with Crippen molar-refractivity contribution in [2.24, 2.45) is 0 Å². The van der Waals surface area contributed by atoms with E-state index in [2.05, 4.69) is 12.2 Å². The maximum Gasteiger partial charge on any atom is 0.252 e. The number of sulfonamides is 1. The Hall–Kier alpha value is -0.470. The highest BCUT2D eigenvalue weighted by Gasteiger charge is 2.26. The van der Waals surface area contributed by atoms with Gasteiger partial charge in [-0.25, -0.2) is 8.42 Å². The molecule has 0 atom stereocenters. The summed E-state index contributed by atoms with van der Waals surface area (Å²) in [5, 5.41) is 3.25. The first-order valence-electron chi connectivity index (χ1n) is 7.02. The Morgan fingerprint density at radius 2 is 2.20 bits per heavy atom. The van der Waals surface area contributed by atoms with Crippen LogP contribution in [0, 0.1) is 0 Å². The van der Waals surface area contributed by atoms with Crippen molar-refractivity contribution in [3.05, 3.63) is 17.0 Å². The lowest BCUT2D eigenvalue weighted by atomic mass is 10.3. The maximum atomic E-state index is 12.5. The minimum Gasteiger partial charge on any atom is -0.380 e. The largest absolute Gasteiger partial charge is 0.380 e. The molecule has 0 radical (unpaired) electrons. The third-order valence-electron chi connectivity index (χ3n) is 3.21. The molecule has 0 bridgehead atoms. The fourth-order valence-electron chi connectivity index (χ4n) is 2.11. The quantitative estimate of drug-likeness (QED) is 0.804. The van der Waals surface area contributed by atoms with Crippen molar-refractivity contribution in [2.45, 2.75) is 24.0 Å². The summed E-state index contributed by atoms with van der Waals surface area (Å²) in [5.41, 5.74) is 0. The zero-order valence-corrected chi connectivity index (χ0v) is 13.4. The summed E-state index contributed by atoms with van der Waals surface area (Å²) < 4.78 is 32.4. The summed E-state index contributed by atoms with van der Waals surface area (Å²) in [4.78, 5) is 1.11. The van der Waals surface area contributed by atoms with Crippen LogP contribution in [0.1, 0.15) is 18.2 Å². The zero-order chi connectivity index (χ0) is 14.4. The Morgan fingerprint density at radius 1 is 1.35 bits per heavy atom. The number of ether oxygens (including phenoxy) is 1. The molecule has 0 aliphatic carbocycles. The molecule has 2 heterocycles. The van der Waals surface area contributed by atoms with Gasteiger partial charge in [0.05, 0.1) is 6.61 Å². The number of thiophene rings is 1. The molecule has 0 saturated carbocycles. The Bertz CT molecular complexity index is 505. The van der Waals surface area contributed by atoms with Crippen molar-refractivity contribution in [2.75, 3.05) is 39.4 Å². The molecule has 0 amide bonds. The number of hydrogen-bond acceptors (Lipinski definition) is 5. The van der Waals surface area contributed by atoms with Gasteiger partial charge in [-0.05, 0) is 38.1 Å². The van der Waals surface area contributed by atoms with Gasteiger partial charge in [-0.2, -0.15) is 4.31 Å². The molecule has 1 aromatic heterocycles. The van der Waals surface area contributed by atoms with Crippen LogP contribution in [0.4, 0.5) is 0 Å². The first-order valence-corrected chi connectivity index (χ1v) is 9.27. The fourth-order valence-corrected chi connectivity index (χ4v) is 5.08. The van der Waals surface area contributed by atoms with E-state index in [9.17, 15) is 8.42 Å². The van der Waals surface area contributed by atoms with E-state index >= 15 is 0 Å². The Balaban J connectivity index is 2.05. The molecule has 0 spiro atoms. The number of hydrogen-bond donors (Lipinski definition) is 1. The van der Waals surface area contributed by atoms with E-state index in [-0.39, 0.29) is 0 Å². The van der Waals surface area contributed by atoms with Gasteiger partial charge >= 0.3 is 0 Å². The van der Waals surface area contributed by atoms with Crippen LogP contribution in [-0.2, 0) is 21.2 Å². The molecule has 5 nitrogen and oxygen atoms in total. The third-order valence-corrected chi connectivity index (χ3v) is 6.72. The van der Waals surface area contributed by atoms with Crippen molar-refractivity contribution < 1.29 is 13.2 Å². The topological polar surface area (TPSA) is 58.6 Å². The molecule has 0 aromatic carbocycles. The van der Waals surface area contributed by atoms with Crippen molar-refractivity contribution in [3.8, 4) is 0 Å². The summed E-state index contributed by atoms with van der Waals surface area (Å²) in [6.45, 7) is 6.01. The predicted octanol–water partition coefficient (Wildman–Crippen LogP) is 1.31. The lowest BCUT2D eigenvalue weighted by Crippen LogP contribution is -2.32. The standard InChI is InChI=1S/C13H22N2O3S2/c1-2-14-7-6-12-4-5-13(19-12)20(16,17)15-8-3-10-18-11-9-15/h4-5,14H,2-3,6-11H2,1H3. The molecule has 1 N–H and O–H groups in total. The second kappa shape index (κ2) is 7.51. The van der Waals surface area contributed by atoms with Gasteiger partial charge in [-0.3, -0.25) is 0 Å². The molecule has 0 unspecified atom stereocenters. The molecule has 1 aliphatic rings. The van der Waals surface area contributed by atoms with Crippen molar-refractivity contribution in [1.29, 1.82) is 0 Å². The molecule has 1 aromatic rings. The lowest BCUT2D eigenvalue weighted by molar-refractivity contribution is 0.148. The van der Waals surface area contributed by atoms with E-state index in [1.165, 1.54) is 11.3 Å². The van der Waals surface area contributed by atoms with E-state index in [1.54, 1.807) is 10.4 Å². The van der Waals surface area contributed by atoms with Gasteiger partial charge in [-0.15, -0.1) is 11.3 Å². The average molecular weight is 318 g/mol. The Morgan fingerprint density at radius 3 is 3.00 bits per heavy atom. The van der Waals surface area contributed by atoms with E-state index < -0.39 is 10.0 Å². The van der Waals surface area contributed by atoms with E-state index in [1.807, 2.05) is 6.07 Å². The normalized spacial score (nSPS) is 18.1. The molecule has 20 heavy (non-hydrogen) atoms. The fraction of sp³-hybridized carbons (Fsp3) is 0.692. The van der Waals surface area contributed by atoms with Crippen LogP contribution >= 0.6 is 11.3 Å². The SMILES string of the molecule is CCNCCc1ccc(S(=O)(=O)N2CCCOCC2)s1. The predicted molar refractivity (Wildman–Crippen MR) is 80.8 cm³/mol. The maximum absolute atomic E-state index is 12.5. The number of nitrogens with zero attached hydrogens (tertiary/aromatic N) is 1. The van der Waals surface area contributed by atoms with Crippen molar-refractivity contribution in [1.82, 2.24) is 9.62 Å². The van der Waals surface area contributed by atoms with Gasteiger partial charge < -0.3 is 10.1 Å². The van der Waals surface area contributed by atoms with Crippen LogP contribution in [0.3, 0.4) is 0 Å². The molecular weight excluding hydrogens is 296 g/mol. The monoisotopic (exact) mass is 318 g/mol. The molecule has 1 fully saturated rings. The summed E-state index contributed by atoms with van der Waals surface area (Å²) in [6, 6.07) is 3.65. The summed E-state index contributed by atoms with van der Waals surface area (Å²) in [6.07, 6.45) is 1.63. The first kappa shape index (κ1) is 15.9. The van der Waals surface area contributed by atoms with Gasteiger partial charge in [0.25, 0.3) is 10.0 Å². The highest BCUT2D eigenvalue weighted by Crippen LogP contribution is 2.25. The van der Waals surface area contributed by atoms with Crippen LogP contribution in [-0.4, -0.2) is 52.1 Å². The molecule has 2 rings (SSSR count). The van der Waals surface area contributed by atoms with Crippen LogP contribution in [0.2, 0.25) is 0 Å². The minimum atomic E-state index is -3.34. The van der Waals surface area contributed by atoms with Crippen LogP contribution in [0.15, 0.2) is 16.3 Å². The van der Waals surface area contributed by atoms with Gasteiger partial charge in [0.1, 0.15) is 4.21 Å². The van der Waals surface area contributed by atoms with Gasteiger partial charge in [-0.1, -0.05) is 6.92 Å². The number of likely N-dealkylation sites (N-methyl/N-ethyl adjacent to an activating group) is 1. The molecule has 7 heteroatoms. The zero-order valence-electron chi connectivity index (χ0n) is 11.8. The lowest BCUT2D eigenvalue weighted by Gasteiger charge is -2.17. The molecule has 1 aliphatic heterocycles. The molecular formula is C13H22N2O3S2. The highest BCUT2D eigenvalue weighted by atomic mass is 32.2. The van der Waals surface area contributed by atoms with Gasteiger partial charge in [0.2, 0.25) is 0 Å². The van der Waals surface area contributed by atoms with E-state index in [0.717, 1.165) is 30.8 Å². The summed E-state index contributed by atoms with van der Waals surface area (Å²) in [7, 11) is -3.34. The molecule has 1 saturated heterocycles. The average Bonchev–Trinajstić information content (AvgIpc) is 2.73. The van der Waals surface area contributed by atoms with Gasteiger partial charge in [0.15, 0.2) is 0 Å². The second-order valence-corrected chi connectivity index (χ2v) is 8.03. The summed E-state index contributed by atoms with van der Waals surface area (Å²) in [5.74, 6) is 0. The second-order valence-electron chi connectivity index (χ2n) is 4.69. The van der Waals surface area contributed by atoms with Crippen molar-refractivity contribution >= 4 is 21.4 Å². The highest BCUT2D eigenvalue weighted by molar-refractivity contribution is 7.91. The van der Waals surface area contributed by atoms with Gasteiger partial charge in [0, 0.05) is 24.6 Å². The number of nitrogens with one attached hydrogen (secondary N) is 1. The number of rotatable bonds is 6. The molecule has 114 valence electrons. The smallest absolute Gasteiger partial charge is 0.252 e. The minimum absolute atomic E-state index is 0.450. The third kappa shape index (κ3) is 4.02.